The van der Waals surface area contributed by atoms with Crippen molar-refractivity contribution < 1.29 is 0 Å². The maximum Gasteiger partial charge on any atom is 0.0214 e. The van der Waals surface area contributed by atoms with Crippen molar-refractivity contribution in [1.82, 2.24) is 5.32 Å². The SMILES string of the molecule is CC1(C)CCCC(NCc2cccc3ccccc23)C1. The van der Waals surface area contributed by atoms with Gasteiger partial charge < -0.3 is 5.32 Å². The molecule has 1 heteroatoms. The lowest BCUT2D eigenvalue weighted by atomic mass is 9.75. The molecule has 1 nitrogen and oxygen atoms in total. The van der Waals surface area contributed by atoms with Gasteiger partial charge in [-0.1, -0.05) is 62.7 Å². The molecule has 1 aliphatic rings. The predicted molar refractivity (Wildman–Crippen MR) is 86.8 cm³/mol. The van der Waals surface area contributed by atoms with Crippen molar-refractivity contribution >= 4 is 10.8 Å². The fourth-order valence-electron chi connectivity index (χ4n) is 3.57. The Bertz CT molecular complexity index is 580. The zero-order chi connectivity index (χ0) is 14.0. The van der Waals surface area contributed by atoms with Crippen molar-refractivity contribution in [3.63, 3.8) is 0 Å². The summed E-state index contributed by atoms with van der Waals surface area (Å²) < 4.78 is 0. The van der Waals surface area contributed by atoms with Gasteiger partial charge in [0.2, 0.25) is 0 Å². The number of rotatable bonds is 3. The van der Waals surface area contributed by atoms with Crippen LogP contribution in [0.1, 0.15) is 45.1 Å². The van der Waals surface area contributed by atoms with E-state index >= 15 is 0 Å². The highest BCUT2D eigenvalue weighted by Gasteiger charge is 2.27. The first-order valence-electron chi connectivity index (χ1n) is 7.84. The van der Waals surface area contributed by atoms with Gasteiger partial charge in [0.15, 0.2) is 0 Å². The molecule has 20 heavy (non-hydrogen) atoms. The highest BCUT2D eigenvalue weighted by atomic mass is 14.9. The fraction of sp³-hybridized carbons (Fsp3) is 0.474. The summed E-state index contributed by atoms with van der Waals surface area (Å²) >= 11 is 0. The van der Waals surface area contributed by atoms with Gasteiger partial charge in [-0.3, -0.25) is 0 Å². The van der Waals surface area contributed by atoms with Gasteiger partial charge in [0, 0.05) is 12.6 Å². The third kappa shape index (κ3) is 3.04. The van der Waals surface area contributed by atoms with Crippen LogP contribution < -0.4 is 5.32 Å². The van der Waals surface area contributed by atoms with E-state index in [1.807, 2.05) is 0 Å². The van der Waals surface area contributed by atoms with Crippen molar-refractivity contribution in [3.05, 3.63) is 48.0 Å². The summed E-state index contributed by atoms with van der Waals surface area (Å²) in [5.74, 6) is 0. The predicted octanol–water partition coefficient (Wildman–Crippen LogP) is 4.90. The maximum atomic E-state index is 3.79. The number of hydrogen-bond acceptors (Lipinski definition) is 1. The minimum atomic E-state index is 0.509. The molecule has 1 N–H and O–H groups in total. The third-order valence-electron chi connectivity index (χ3n) is 4.67. The van der Waals surface area contributed by atoms with Crippen molar-refractivity contribution in [2.75, 3.05) is 0 Å². The van der Waals surface area contributed by atoms with Crippen LogP contribution in [0.4, 0.5) is 0 Å². The highest BCUT2D eigenvalue weighted by molar-refractivity contribution is 5.85. The molecule has 0 aliphatic heterocycles. The van der Waals surface area contributed by atoms with Gasteiger partial charge in [-0.05, 0) is 41.0 Å². The minimum Gasteiger partial charge on any atom is -0.310 e. The Morgan fingerprint density at radius 1 is 1.10 bits per heavy atom. The van der Waals surface area contributed by atoms with Crippen LogP contribution in [-0.4, -0.2) is 6.04 Å². The molecular formula is C19H25N. The molecule has 0 saturated heterocycles. The Labute approximate surface area is 122 Å². The zero-order valence-electron chi connectivity index (χ0n) is 12.7. The van der Waals surface area contributed by atoms with Gasteiger partial charge in [0.25, 0.3) is 0 Å². The van der Waals surface area contributed by atoms with Crippen LogP contribution >= 0.6 is 0 Å². The molecule has 1 aliphatic carbocycles. The van der Waals surface area contributed by atoms with Gasteiger partial charge in [-0.15, -0.1) is 0 Å². The van der Waals surface area contributed by atoms with E-state index in [1.54, 1.807) is 0 Å². The lowest BCUT2D eigenvalue weighted by molar-refractivity contribution is 0.198. The lowest BCUT2D eigenvalue weighted by Crippen LogP contribution is -2.36. The molecule has 1 atom stereocenters. The van der Waals surface area contributed by atoms with Gasteiger partial charge in [-0.2, -0.15) is 0 Å². The van der Waals surface area contributed by atoms with E-state index in [0.717, 1.165) is 6.54 Å². The Morgan fingerprint density at radius 2 is 1.90 bits per heavy atom. The molecule has 3 rings (SSSR count). The number of benzene rings is 2. The van der Waals surface area contributed by atoms with Crippen LogP contribution in [0.5, 0.6) is 0 Å². The van der Waals surface area contributed by atoms with E-state index < -0.39 is 0 Å². The van der Waals surface area contributed by atoms with E-state index in [0.29, 0.717) is 11.5 Å². The quantitative estimate of drug-likeness (QED) is 0.834. The fourth-order valence-corrected chi connectivity index (χ4v) is 3.57. The molecule has 0 aromatic heterocycles. The Balaban J connectivity index is 1.71. The summed E-state index contributed by atoms with van der Waals surface area (Å²) in [6, 6.07) is 16.0. The monoisotopic (exact) mass is 267 g/mol. The molecule has 106 valence electrons. The average molecular weight is 267 g/mol. The summed E-state index contributed by atoms with van der Waals surface area (Å²) in [5.41, 5.74) is 1.93. The standard InChI is InChI=1S/C19H25N/c1-19(2)12-6-10-17(13-19)20-14-16-9-5-8-15-7-3-4-11-18(15)16/h3-5,7-9,11,17,20H,6,10,12-14H2,1-2H3. The van der Waals surface area contributed by atoms with Crippen LogP contribution in [0.15, 0.2) is 42.5 Å². The van der Waals surface area contributed by atoms with Crippen LogP contribution in [-0.2, 0) is 6.54 Å². The van der Waals surface area contributed by atoms with Crippen LogP contribution in [0, 0.1) is 5.41 Å². The zero-order valence-corrected chi connectivity index (χ0v) is 12.7. The van der Waals surface area contributed by atoms with E-state index in [2.05, 4.69) is 61.6 Å². The first-order chi connectivity index (χ1) is 9.64. The molecule has 1 fully saturated rings. The second-order valence-corrected chi connectivity index (χ2v) is 6.98. The summed E-state index contributed by atoms with van der Waals surface area (Å²) in [6.45, 7) is 5.79. The largest absolute Gasteiger partial charge is 0.310 e. The normalized spacial score (nSPS) is 22.0. The van der Waals surface area contributed by atoms with Crippen molar-refractivity contribution in [2.24, 2.45) is 5.41 Å². The summed E-state index contributed by atoms with van der Waals surface area (Å²) in [5, 5.41) is 6.52. The van der Waals surface area contributed by atoms with Gasteiger partial charge in [0.05, 0.1) is 0 Å². The first-order valence-corrected chi connectivity index (χ1v) is 7.84. The maximum absolute atomic E-state index is 3.79. The van der Waals surface area contributed by atoms with E-state index in [4.69, 9.17) is 0 Å². The summed E-state index contributed by atoms with van der Waals surface area (Å²) in [4.78, 5) is 0. The van der Waals surface area contributed by atoms with Crippen LogP contribution in [0.25, 0.3) is 10.8 Å². The number of fused-ring (bicyclic) bond motifs is 1. The molecule has 0 spiro atoms. The molecular weight excluding hydrogens is 242 g/mol. The molecule has 0 amide bonds. The molecule has 1 saturated carbocycles. The summed E-state index contributed by atoms with van der Waals surface area (Å²) in [6.07, 6.45) is 5.37. The molecule has 0 heterocycles. The molecule has 2 aromatic rings. The van der Waals surface area contributed by atoms with Crippen LogP contribution in [0.2, 0.25) is 0 Å². The molecule has 0 radical (unpaired) electrons. The van der Waals surface area contributed by atoms with Crippen molar-refractivity contribution in [3.8, 4) is 0 Å². The smallest absolute Gasteiger partial charge is 0.0214 e. The van der Waals surface area contributed by atoms with Gasteiger partial charge >= 0.3 is 0 Å². The minimum absolute atomic E-state index is 0.509. The number of nitrogens with one attached hydrogen (secondary N) is 1. The third-order valence-corrected chi connectivity index (χ3v) is 4.67. The summed E-state index contributed by atoms with van der Waals surface area (Å²) in [7, 11) is 0. The topological polar surface area (TPSA) is 12.0 Å². The van der Waals surface area contributed by atoms with Crippen molar-refractivity contribution in [1.29, 1.82) is 0 Å². The van der Waals surface area contributed by atoms with E-state index in [9.17, 15) is 0 Å². The number of hydrogen-bond donors (Lipinski definition) is 1. The molecule has 0 bridgehead atoms. The first kappa shape index (κ1) is 13.6. The highest BCUT2D eigenvalue weighted by Crippen LogP contribution is 2.35. The molecule has 1 unspecified atom stereocenters. The Kier molecular flexibility index (Phi) is 3.80. The van der Waals surface area contributed by atoms with E-state index in [-0.39, 0.29) is 0 Å². The second kappa shape index (κ2) is 5.57. The van der Waals surface area contributed by atoms with Gasteiger partial charge in [0.1, 0.15) is 0 Å². The lowest BCUT2D eigenvalue weighted by Gasteiger charge is -2.35. The van der Waals surface area contributed by atoms with Crippen LogP contribution in [0.3, 0.4) is 0 Å². The Morgan fingerprint density at radius 3 is 2.75 bits per heavy atom. The Hall–Kier alpha value is -1.34. The second-order valence-electron chi connectivity index (χ2n) is 6.98. The van der Waals surface area contributed by atoms with Crippen molar-refractivity contribution in [2.45, 2.75) is 52.1 Å². The van der Waals surface area contributed by atoms with E-state index in [1.165, 1.54) is 42.0 Å². The molecule has 2 aromatic carbocycles. The van der Waals surface area contributed by atoms with Gasteiger partial charge in [-0.25, -0.2) is 0 Å². The average Bonchev–Trinajstić information content (AvgIpc) is 2.44.